The molecule has 0 aromatic rings. The molecule has 6 nitrogen and oxygen atoms in total. The standard InChI is InChI=1S/C21H34O6/c1-19(2)15-11-17(24)21(12-27-21)14(20(15,3)9-7-16(19)23)6-5-13(8-10-22)18(25)26-4/h5,14-17,22-24H,6-12H2,1-4H3/b13-5+/t14-,15-,16+,17+,20-,21+/m1/s1. The van der Waals surface area contributed by atoms with Crippen molar-refractivity contribution in [3.63, 3.8) is 0 Å². The van der Waals surface area contributed by atoms with Crippen LogP contribution in [0.15, 0.2) is 11.6 Å². The summed E-state index contributed by atoms with van der Waals surface area (Å²) < 4.78 is 10.7. The first kappa shape index (κ1) is 20.8. The van der Waals surface area contributed by atoms with Gasteiger partial charge in [-0.15, -0.1) is 0 Å². The van der Waals surface area contributed by atoms with Crippen molar-refractivity contribution in [1.29, 1.82) is 0 Å². The Bertz CT molecular complexity index is 608. The second-order valence-electron chi connectivity index (χ2n) is 9.41. The average molecular weight is 382 g/mol. The van der Waals surface area contributed by atoms with Crippen molar-refractivity contribution in [3.8, 4) is 0 Å². The molecule has 1 heterocycles. The molecular formula is C21H34O6. The first-order chi connectivity index (χ1) is 12.6. The normalized spacial score (nSPS) is 43.3. The van der Waals surface area contributed by atoms with Crippen LogP contribution in [0.1, 0.15) is 52.9 Å². The molecule has 0 aromatic carbocycles. The van der Waals surface area contributed by atoms with Crippen LogP contribution in [0.25, 0.3) is 0 Å². The van der Waals surface area contributed by atoms with Crippen LogP contribution in [0.3, 0.4) is 0 Å². The number of rotatable bonds is 5. The van der Waals surface area contributed by atoms with E-state index in [-0.39, 0.29) is 41.8 Å². The van der Waals surface area contributed by atoms with E-state index >= 15 is 0 Å². The van der Waals surface area contributed by atoms with Crippen LogP contribution in [0, 0.1) is 22.7 Å². The molecule has 1 spiro atoms. The van der Waals surface area contributed by atoms with Crippen LogP contribution in [0.2, 0.25) is 0 Å². The molecular weight excluding hydrogens is 348 g/mol. The Hall–Kier alpha value is -0.950. The minimum absolute atomic E-state index is 0.0453. The summed E-state index contributed by atoms with van der Waals surface area (Å²) >= 11 is 0. The van der Waals surface area contributed by atoms with Gasteiger partial charge in [-0.1, -0.05) is 26.8 Å². The molecule has 0 amide bonds. The number of epoxide rings is 1. The SMILES string of the molecule is COC(=O)/C(=C/C[C@@H]1[C@@]2(C)CC[C@H](O)C(C)(C)[C@H]2C[C@H](O)[C@]12CO2)CCO. The van der Waals surface area contributed by atoms with Gasteiger partial charge < -0.3 is 24.8 Å². The van der Waals surface area contributed by atoms with Gasteiger partial charge in [-0.3, -0.25) is 0 Å². The lowest BCUT2D eigenvalue weighted by molar-refractivity contribution is -0.184. The Labute approximate surface area is 161 Å². The zero-order valence-corrected chi connectivity index (χ0v) is 16.9. The Morgan fingerprint density at radius 1 is 1.26 bits per heavy atom. The molecule has 0 unspecified atom stereocenters. The molecule has 0 aromatic heterocycles. The summed E-state index contributed by atoms with van der Waals surface area (Å²) in [6.07, 6.45) is 3.96. The number of esters is 1. The van der Waals surface area contributed by atoms with Gasteiger partial charge in [0.15, 0.2) is 0 Å². The Kier molecular flexibility index (Phi) is 5.49. The van der Waals surface area contributed by atoms with Gasteiger partial charge in [0.1, 0.15) is 5.60 Å². The van der Waals surface area contributed by atoms with Gasteiger partial charge in [0, 0.05) is 24.5 Å². The highest BCUT2D eigenvalue weighted by Crippen LogP contribution is 2.66. The minimum Gasteiger partial charge on any atom is -0.466 e. The highest BCUT2D eigenvalue weighted by atomic mass is 16.6. The molecule has 3 fully saturated rings. The third-order valence-corrected chi connectivity index (χ3v) is 7.82. The zero-order valence-electron chi connectivity index (χ0n) is 16.9. The van der Waals surface area contributed by atoms with E-state index in [1.54, 1.807) is 0 Å². The van der Waals surface area contributed by atoms with E-state index in [0.29, 0.717) is 25.0 Å². The number of carbonyl (C=O) groups is 1. The van der Waals surface area contributed by atoms with Crippen molar-refractivity contribution in [2.45, 2.75) is 70.7 Å². The molecule has 3 aliphatic rings. The number of methoxy groups -OCH3 is 1. The lowest BCUT2D eigenvalue weighted by atomic mass is 9.44. The molecule has 2 saturated carbocycles. The molecule has 3 N–H and O–H groups in total. The monoisotopic (exact) mass is 382 g/mol. The van der Waals surface area contributed by atoms with Crippen LogP contribution in [0.4, 0.5) is 0 Å². The summed E-state index contributed by atoms with van der Waals surface area (Å²) in [4.78, 5) is 12.0. The molecule has 0 bridgehead atoms. The number of aliphatic hydroxyl groups is 3. The first-order valence-electron chi connectivity index (χ1n) is 10.0. The lowest BCUT2D eigenvalue weighted by Crippen LogP contribution is -2.62. The van der Waals surface area contributed by atoms with Gasteiger partial charge in [0.2, 0.25) is 0 Å². The number of hydrogen-bond acceptors (Lipinski definition) is 6. The minimum atomic E-state index is -0.571. The average Bonchev–Trinajstić information content (AvgIpc) is 3.41. The fourth-order valence-electron chi connectivity index (χ4n) is 6.02. The van der Waals surface area contributed by atoms with Gasteiger partial charge in [0.05, 0.1) is 25.9 Å². The van der Waals surface area contributed by atoms with Gasteiger partial charge in [-0.05, 0) is 42.4 Å². The van der Waals surface area contributed by atoms with E-state index in [9.17, 15) is 20.1 Å². The second-order valence-corrected chi connectivity index (χ2v) is 9.41. The Morgan fingerprint density at radius 3 is 2.48 bits per heavy atom. The quantitative estimate of drug-likeness (QED) is 0.381. The smallest absolute Gasteiger partial charge is 0.333 e. The summed E-state index contributed by atoms with van der Waals surface area (Å²) in [6.45, 7) is 6.86. The van der Waals surface area contributed by atoms with E-state index in [1.807, 2.05) is 6.08 Å². The maximum atomic E-state index is 12.0. The van der Waals surface area contributed by atoms with Gasteiger partial charge in [-0.2, -0.15) is 0 Å². The topological polar surface area (TPSA) is 99.5 Å². The van der Waals surface area contributed by atoms with E-state index in [0.717, 1.165) is 12.8 Å². The third kappa shape index (κ3) is 3.24. The van der Waals surface area contributed by atoms with Crippen LogP contribution < -0.4 is 0 Å². The fourth-order valence-corrected chi connectivity index (χ4v) is 6.02. The van der Waals surface area contributed by atoms with E-state index < -0.39 is 17.7 Å². The molecule has 27 heavy (non-hydrogen) atoms. The highest BCUT2D eigenvalue weighted by Gasteiger charge is 2.69. The summed E-state index contributed by atoms with van der Waals surface area (Å²) in [5.74, 6) is -0.215. The maximum Gasteiger partial charge on any atom is 0.333 e. The van der Waals surface area contributed by atoms with Crippen LogP contribution in [0.5, 0.6) is 0 Å². The van der Waals surface area contributed by atoms with E-state index in [1.165, 1.54) is 7.11 Å². The number of hydrogen-bond donors (Lipinski definition) is 3. The van der Waals surface area contributed by atoms with Gasteiger partial charge >= 0.3 is 5.97 Å². The molecule has 1 saturated heterocycles. The Balaban J connectivity index is 1.94. The Morgan fingerprint density at radius 2 is 1.93 bits per heavy atom. The number of fused-ring (bicyclic) bond motifs is 1. The van der Waals surface area contributed by atoms with Crippen molar-refractivity contribution < 1.29 is 29.6 Å². The number of carbonyl (C=O) groups excluding carboxylic acids is 1. The molecule has 0 radical (unpaired) electrons. The van der Waals surface area contributed by atoms with Gasteiger partial charge in [0.25, 0.3) is 0 Å². The summed E-state index contributed by atoms with van der Waals surface area (Å²) in [6, 6.07) is 0. The lowest BCUT2D eigenvalue weighted by Gasteiger charge is -2.61. The summed E-state index contributed by atoms with van der Waals surface area (Å²) in [5, 5.41) is 30.8. The number of aliphatic hydroxyl groups excluding tert-OH is 3. The molecule has 2 aliphatic carbocycles. The van der Waals surface area contributed by atoms with E-state index in [4.69, 9.17) is 9.47 Å². The fraction of sp³-hybridized carbons (Fsp3) is 0.857. The van der Waals surface area contributed by atoms with Crippen LogP contribution in [-0.2, 0) is 14.3 Å². The second kappa shape index (κ2) is 7.14. The molecule has 3 rings (SSSR count). The highest BCUT2D eigenvalue weighted by molar-refractivity contribution is 5.88. The summed E-state index contributed by atoms with van der Waals surface area (Å²) in [7, 11) is 1.34. The maximum absolute atomic E-state index is 12.0. The third-order valence-electron chi connectivity index (χ3n) is 7.82. The van der Waals surface area contributed by atoms with E-state index in [2.05, 4.69) is 20.8 Å². The summed E-state index contributed by atoms with van der Waals surface area (Å²) in [5.41, 5.74) is -0.482. The van der Waals surface area contributed by atoms with Crippen molar-refractivity contribution >= 4 is 5.97 Å². The predicted molar refractivity (Wildman–Crippen MR) is 99.8 cm³/mol. The molecule has 1 aliphatic heterocycles. The number of allylic oxidation sites excluding steroid dienone is 1. The molecule has 6 atom stereocenters. The van der Waals surface area contributed by atoms with Crippen LogP contribution in [-0.4, -0.2) is 59.4 Å². The molecule has 6 heteroatoms. The number of ether oxygens (including phenoxy) is 2. The van der Waals surface area contributed by atoms with Crippen molar-refractivity contribution in [2.24, 2.45) is 22.7 Å². The van der Waals surface area contributed by atoms with Gasteiger partial charge in [-0.25, -0.2) is 4.79 Å². The van der Waals surface area contributed by atoms with Crippen molar-refractivity contribution in [3.05, 3.63) is 11.6 Å². The molecule has 154 valence electrons. The predicted octanol–water partition coefficient (Wildman–Crippen LogP) is 1.81. The largest absolute Gasteiger partial charge is 0.466 e. The first-order valence-corrected chi connectivity index (χ1v) is 10.0. The van der Waals surface area contributed by atoms with Crippen molar-refractivity contribution in [1.82, 2.24) is 0 Å². The van der Waals surface area contributed by atoms with Crippen LogP contribution >= 0.6 is 0 Å². The van der Waals surface area contributed by atoms with Crippen molar-refractivity contribution in [2.75, 3.05) is 20.3 Å². The zero-order chi connectivity index (χ0) is 20.0.